The molecular weight excluding hydrogens is 254 g/mol. The first-order chi connectivity index (χ1) is 9.56. The van der Waals surface area contributed by atoms with Crippen molar-refractivity contribution in [1.82, 2.24) is 0 Å². The summed E-state index contributed by atoms with van der Waals surface area (Å²) in [6.07, 6.45) is 1.74. The van der Waals surface area contributed by atoms with Crippen LogP contribution in [0, 0.1) is 10.1 Å². The average molecular weight is 269 g/mol. The van der Waals surface area contributed by atoms with Gasteiger partial charge in [0.1, 0.15) is 0 Å². The van der Waals surface area contributed by atoms with Crippen molar-refractivity contribution in [2.24, 2.45) is 4.99 Å². The molecule has 2 aromatic carbocycles. The van der Waals surface area contributed by atoms with Gasteiger partial charge in [0, 0.05) is 38.1 Å². The highest BCUT2D eigenvalue weighted by Crippen LogP contribution is 2.18. The van der Waals surface area contributed by atoms with E-state index in [1.165, 1.54) is 12.1 Å². The zero-order valence-corrected chi connectivity index (χ0v) is 11.4. The number of aliphatic imine (C=N–C) groups is 1. The summed E-state index contributed by atoms with van der Waals surface area (Å²) in [7, 11) is 3.97. The lowest BCUT2D eigenvalue weighted by Crippen LogP contribution is -2.08. The van der Waals surface area contributed by atoms with E-state index in [0.29, 0.717) is 5.69 Å². The van der Waals surface area contributed by atoms with Crippen molar-refractivity contribution in [3.8, 4) is 0 Å². The number of hydrogen-bond donors (Lipinski definition) is 0. The molecule has 2 aromatic rings. The van der Waals surface area contributed by atoms with Gasteiger partial charge in [-0.05, 0) is 29.8 Å². The first-order valence-corrected chi connectivity index (χ1v) is 6.12. The lowest BCUT2D eigenvalue weighted by Gasteiger charge is -2.11. The number of nitro benzene ring substituents is 1. The van der Waals surface area contributed by atoms with Crippen molar-refractivity contribution < 1.29 is 4.92 Å². The summed E-state index contributed by atoms with van der Waals surface area (Å²) in [5.74, 6) is 0. The molecule has 0 spiro atoms. The Morgan fingerprint density at radius 2 is 1.65 bits per heavy atom. The Labute approximate surface area is 117 Å². The van der Waals surface area contributed by atoms with E-state index in [0.717, 1.165) is 11.3 Å². The van der Waals surface area contributed by atoms with Crippen LogP contribution in [0.5, 0.6) is 0 Å². The van der Waals surface area contributed by atoms with E-state index in [-0.39, 0.29) is 5.69 Å². The molecule has 0 N–H and O–H groups in total. The van der Waals surface area contributed by atoms with E-state index >= 15 is 0 Å². The fraction of sp³-hybridized carbons (Fsp3) is 0.133. The molecule has 0 aliphatic carbocycles. The van der Waals surface area contributed by atoms with Crippen molar-refractivity contribution >= 4 is 23.3 Å². The van der Waals surface area contributed by atoms with Gasteiger partial charge in [0.2, 0.25) is 0 Å². The maximum atomic E-state index is 10.5. The van der Waals surface area contributed by atoms with Crippen molar-refractivity contribution in [3.63, 3.8) is 0 Å². The Hall–Kier alpha value is -2.69. The Morgan fingerprint density at radius 3 is 2.15 bits per heavy atom. The maximum absolute atomic E-state index is 10.5. The van der Waals surface area contributed by atoms with Gasteiger partial charge in [0.05, 0.1) is 10.6 Å². The van der Waals surface area contributed by atoms with Crippen LogP contribution in [-0.4, -0.2) is 25.2 Å². The number of rotatable bonds is 4. The summed E-state index contributed by atoms with van der Waals surface area (Å²) < 4.78 is 0. The van der Waals surface area contributed by atoms with Gasteiger partial charge in [-0.2, -0.15) is 0 Å². The van der Waals surface area contributed by atoms with Gasteiger partial charge in [-0.15, -0.1) is 0 Å². The summed E-state index contributed by atoms with van der Waals surface area (Å²) in [4.78, 5) is 16.4. The molecule has 0 saturated carbocycles. The number of nitro groups is 1. The molecule has 0 radical (unpaired) electrons. The fourth-order valence-electron chi connectivity index (χ4n) is 1.67. The highest BCUT2D eigenvalue weighted by atomic mass is 16.6. The van der Waals surface area contributed by atoms with Crippen LogP contribution in [0.15, 0.2) is 53.5 Å². The summed E-state index contributed by atoms with van der Waals surface area (Å²) in [6.45, 7) is 0. The van der Waals surface area contributed by atoms with E-state index < -0.39 is 4.92 Å². The van der Waals surface area contributed by atoms with Crippen molar-refractivity contribution in [2.75, 3.05) is 19.0 Å². The highest BCUT2D eigenvalue weighted by molar-refractivity contribution is 5.82. The Morgan fingerprint density at radius 1 is 1.05 bits per heavy atom. The number of benzene rings is 2. The smallest absolute Gasteiger partial charge is 0.269 e. The molecule has 0 saturated heterocycles. The van der Waals surface area contributed by atoms with Crippen LogP contribution in [0.1, 0.15) is 5.56 Å². The van der Waals surface area contributed by atoms with Gasteiger partial charge in [-0.1, -0.05) is 12.1 Å². The predicted octanol–water partition coefficient (Wildman–Crippen LogP) is 3.41. The van der Waals surface area contributed by atoms with Crippen LogP contribution < -0.4 is 4.90 Å². The maximum Gasteiger partial charge on any atom is 0.269 e. The second-order valence-electron chi connectivity index (χ2n) is 4.52. The van der Waals surface area contributed by atoms with Crippen LogP contribution in [0.2, 0.25) is 0 Å². The molecular formula is C15H15N3O2. The van der Waals surface area contributed by atoms with Gasteiger partial charge in [-0.3, -0.25) is 15.1 Å². The SMILES string of the molecule is CN(C)c1ccc(C=Nc2ccc([N+](=O)[O-])cc2)cc1. The molecule has 0 bridgehead atoms. The van der Waals surface area contributed by atoms with Gasteiger partial charge >= 0.3 is 0 Å². The van der Waals surface area contributed by atoms with Gasteiger partial charge < -0.3 is 4.90 Å². The Balaban J connectivity index is 2.10. The average Bonchev–Trinajstić information content (AvgIpc) is 2.46. The van der Waals surface area contributed by atoms with Gasteiger partial charge in [-0.25, -0.2) is 0 Å². The van der Waals surface area contributed by atoms with Crippen LogP contribution in [0.4, 0.5) is 17.1 Å². The third-order valence-corrected chi connectivity index (χ3v) is 2.83. The van der Waals surface area contributed by atoms with E-state index in [1.807, 2.05) is 43.3 Å². The zero-order valence-electron chi connectivity index (χ0n) is 11.4. The number of nitrogens with zero attached hydrogens (tertiary/aromatic N) is 3. The van der Waals surface area contributed by atoms with Crippen molar-refractivity contribution in [3.05, 3.63) is 64.2 Å². The monoisotopic (exact) mass is 269 g/mol. The fourth-order valence-corrected chi connectivity index (χ4v) is 1.67. The third-order valence-electron chi connectivity index (χ3n) is 2.83. The van der Waals surface area contributed by atoms with Crippen LogP contribution >= 0.6 is 0 Å². The van der Waals surface area contributed by atoms with Crippen LogP contribution in [-0.2, 0) is 0 Å². The summed E-state index contributed by atoms with van der Waals surface area (Å²) in [5, 5.41) is 10.5. The van der Waals surface area contributed by atoms with Crippen LogP contribution in [0.25, 0.3) is 0 Å². The molecule has 0 aliphatic heterocycles. The van der Waals surface area contributed by atoms with Gasteiger partial charge in [0.15, 0.2) is 0 Å². The molecule has 20 heavy (non-hydrogen) atoms. The molecule has 0 aromatic heterocycles. The molecule has 102 valence electrons. The molecule has 0 aliphatic rings. The number of anilines is 1. The number of hydrogen-bond acceptors (Lipinski definition) is 4. The number of non-ortho nitro benzene ring substituents is 1. The summed E-state index contributed by atoms with van der Waals surface area (Å²) >= 11 is 0. The molecule has 0 amide bonds. The van der Waals surface area contributed by atoms with Crippen LogP contribution in [0.3, 0.4) is 0 Å². The molecule has 0 atom stereocenters. The van der Waals surface area contributed by atoms with E-state index in [9.17, 15) is 10.1 Å². The second-order valence-corrected chi connectivity index (χ2v) is 4.52. The summed E-state index contributed by atoms with van der Waals surface area (Å²) in [5.41, 5.74) is 2.86. The topological polar surface area (TPSA) is 58.7 Å². The van der Waals surface area contributed by atoms with Crippen molar-refractivity contribution in [2.45, 2.75) is 0 Å². The lowest BCUT2D eigenvalue weighted by molar-refractivity contribution is -0.384. The summed E-state index contributed by atoms with van der Waals surface area (Å²) in [6, 6.07) is 14.1. The first-order valence-electron chi connectivity index (χ1n) is 6.12. The van der Waals surface area contributed by atoms with E-state index in [2.05, 4.69) is 4.99 Å². The molecule has 2 rings (SSSR count). The third kappa shape index (κ3) is 3.41. The molecule has 0 unspecified atom stereocenters. The van der Waals surface area contributed by atoms with Gasteiger partial charge in [0.25, 0.3) is 5.69 Å². The predicted molar refractivity (Wildman–Crippen MR) is 81.1 cm³/mol. The minimum Gasteiger partial charge on any atom is -0.378 e. The lowest BCUT2D eigenvalue weighted by atomic mass is 10.2. The normalized spacial score (nSPS) is 10.7. The molecule has 0 heterocycles. The minimum atomic E-state index is -0.423. The quantitative estimate of drug-likeness (QED) is 0.485. The largest absolute Gasteiger partial charge is 0.378 e. The zero-order chi connectivity index (χ0) is 14.5. The molecule has 5 nitrogen and oxygen atoms in total. The standard InChI is InChI=1S/C15H15N3O2/c1-17(2)14-7-3-12(4-8-14)11-16-13-5-9-15(10-6-13)18(19)20/h3-11H,1-2H3. The Kier molecular flexibility index (Phi) is 4.10. The Bertz CT molecular complexity index is 617. The highest BCUT2D eigenvalue weighted by Gasteiger charge is 2.02. The van der Waals surface area contributed by atoms with E-state index in [1.54, 1.807) is 18.3 Å². The molecule has 5 heteroatoms. The minimum absolute atomic E-state index is 0.0688. The van der Waals surface area contributed by atoms with Crippen molar-refractivity contribution in [1.29, 1.82) is 0 Å². The molecule has 0 fully saturated rings. The van der Waals surface area contributed by atoms with E-state index in [4.69, 9.17) is 0 Å². The first kappa shape index (κ1) is 13.7. The second kappa shape index (κ2) is 5.97.